The van der Waals surface area contributed by atoms with E-state index in [9.17, 15) is 41.1 Å². The van der Waals surface area contributed by atoms with Crippen molar-refractivity contribution in [1.29, 1.82) is 0 Å². The Morgan fingerprint density at radius 3 is 1.95 bits per heavy atom. The van der Waals surface area contributed by atoms with E-state index in [0.29, 0.717) is 34.1 Å². The third-order valence-electron chi connectivity index (χ3n) is 10.3. The number of amides is 1. The number of aliphatic carboxylic acids is 2. The van der Waals surface area contributed by atoms with Crippen LogP contribution in [0.2, 0.25) is 0 Å². The fourth-order valence-corrected chi connectivity index (χ4v) is 7.92. The molecule has 1 saturated heterocycles. The lowest BCUT2D eigenvalue weighted by molar-refractivity contribution is -0.165. The van der Waals surface area contributed by atoms with Gasteiger partial charge in [0.1, 0.15) is 6.54 Å². The van der Waals surface area contributed by atoms with E-state index in [-0.39, 0.29) is 35.2 Å². The number of halogens is 5. The van der Waals surface area contributed by atoms with Gasteiger partial charge in [0.05, 0.1) is 16.1 Å². The number of para-hydroxylation sites is 1. The molecule has 1 fully saturated rings. The van der Waals surface area contributed by atoms with Crippen LogP contribution in [0.4, 0.5) is 22.0 Å². The molecule has 11 nitrogen and oxygen atoms in total. The molecule has 2 atom stereocenters. The van der Waals surface area contributed by atoms with Gasteiger partial charge in [0.25, 0.3) is 0 Å². The van der Waals surface area contributed by atoms with Gasteiger partial charge in [-0.25, -0.2) is 18.4 Å². The Morgan fingerprint density at radius 1 is 0.820 bits per heavy atom. The lowest BCUT2D eigenvalue weighted by Gasteiger charge is -2.40. The van der Waals surface area contributed by atoms with Gasteiger partial charge in [0.15, 0.2) is 29.3 Å². The zero-order chi connectivity index (χ0) is 44.6. The molecule has 0 radical (unpaired) electrons. The molecule has 61 heavy (non-hydrogen) atoms. The summed E-state index contributed by atoms with van der Waals surface area (Å²) in [6.45, 7) is 6.20. The van der Waals surface area contributed by atoms with Crippen molar-refractivity contribution in [1.82, 2.24) is 14.4 Å². The fraction of sp³-hybridized carbons (Fsp3) is 0.318. The third-order valence-corrected chi connectivity index (χ3v) is 11.4. The fourth-order valence-electron chi connectivity index (χ4n) is 6.88. The highest BCUT2D eigenvalue weighted by atomic mass is 32.2. The summed E-state index contributed by atoms with van der Waals surface area (Å²) >= 11 is 1.17. The standard InChI is InChI=1S/C40H38F5N3O2S.C4H6O6/c1-26(2)46-20-18-32(19-21-46)47(23-27-10-12-28(13-11-27)29-14-16-31(17-15-29)40(43,44)45)37(50)24-48-35-9-4-3-7-33(35)36(49)22-38(48)51-25-30-6-5-8-34(41)39(30)42;5-1(3(7)8)2(6)4(9)10/h3-17,22,26,32H,18-21,23-25H2,1-2H3;1-2,5-6H,(H,7,8)(H,9,10)/t;1-,2-/m.1/s1. The molecular formula is C44H44F5N3O8S. The summed E-state index contributed by atoms with van der Waals surface area (Å²) in [6, 6.07) is 25.3. The number of carboxylic acid groups (broad SMARTS) is 2. The van der Waals surface area contributed by atoms with Gasteiger partial charge in [-0.05, 0) is 73.7 Å². The first-order chi connectivity index (χ1) is 28.8. The van der Waals surface area contributed by atoms with E-state index in [2.05, 4.69) is 18.7 Å². The maximum atomic E-state index is 14.6. The number of carbonyl (C=O) groups is 3. The van der Waals surface area contributed by atoms with Gasteiger partial charge in [0.2, 0.25) is 5.91 Å². The molecule has 0 spiro atoms. The molecule has 4 aromatic carbocycles. The number of aliphatic hydroxyl groups is 2. The van der Waals surface area contributed by atoms with Crippen molar-refractivity contribution in [3.63, 3.8) is 0 Å². The third kappa shape index (κ3) is 11.8. The van der Waals surface area contributed by atoms with Crippen LogP contribution in [-0.2, 0) is 39.4 Å². The van der Waals surface area contributed by atoms with Crippen LogP contribution in [0.25, 0.3) is 22.0 Å². The number of pyridine rings is 1. The highest BCUT2D eigenvalue weighted by molar-refractivity contribution is 7.98. The predicted molar refractivity (Wildman–Crippen MR) is 219 cm³/mol. The molecule has 1 aromatic heterocycles. The number of thioether (sulfide) groups is 1. The van der Waals surface area contributed by atoms with Crippen molar-refractivity contribution >= 4 is 40.5 Å². The van der Waals surface area contributed by atoms with Crippen molar-refractivity contribution < 1.29 is 56.8 Å². The van der Waals surface area contributed by atoms with Crippen LogP contribution in [0.15, 0.2) is 107 Å². The normalized spacial score (nSPS) is 14.6. The Kier molecular flexibility index (Phi) is 15.5. The molecule has 0 unspecified atom stereocenters. The molecule has 5 aromatic rings. The first-order valence-corrected chi connectivity index (χ1v) is 20.1. The van der Waals surface area contributed by atoms with Crippen molar-refractivity contribution in [3.8, 4) is 11.1 Å². The molecule has 2 heterocycles. The number of likely N-dealkylation sites (tertiary alicyclic amines) is 1. The van der Waals surface area contributed by atoms with Crippen molar-refractivity contribution in [2.45, 2.75) is 81.0 Å². The van der Waals surface area contributed by atoms with Crippen molar-refractivity contribution in [2.24, 2.45) is 0 Å². The molecule has 0 bridgehead atoms. The molecule has 6 rings (SSSR count). The van der Waals surface area contributed by atoms with Gasteiger partial charge in [0, 0.05) is 54.5 Å². The van der Waals surface area contributed by atoms with E-state index in [1.807, 2.05) is 29.2 Å². The number of rotatable bonds is 13. The zero-order valence-electron chi connectivity index (χ0n) is 33.1. The van der Waals surface area contributed by atoms with Gasteiger partial charge in [-0.1, -0.05) is 60.7 Å². The summed E-state index contributed by atoms with van der Waals surface area (Å²) in [4.78, 5) is 51.5. The van der Waals surface area contributed by atoms with Gasteiger partial charge < -0.3 is 34.8 Å². The second-order valence-electron chi connectivity index (χ2n) is 14.7. The van der Waals surface area contributed by atoms with E-state index in [4.69, 9.17) is 20.4 Å². The number of alkyl halides is 3. The maximum absolute atomic E-state index is 14.6. The second-order valence-corrected chi connectivity index (χ2v) is 15.7. The van der Waals surface area contributed by atoms with Gasteiger partial charge >= 0.3 is 18.1 Å². The number of fused-ring (bicyclic) bond motifs is 1. The quantitative estimate of drug-likeness (QED) is 0.0715. The highest BCUT2D eigenvalue weighted by Gasteiger charge is 2.32. The number of nitrogens with zero attached hydrogens (tertiary/aromatic N) is 3. The van der Waals surface area contributed by atoms with E-state index in [0.717, 1.165) is 55.3 Å². The number of carbonyl (C=O) groups excluding carboxylic acids is 1. The number of hydrogen-bond acceptors (Lipinski definition) is 8. The number of piperidine rings is 1. The van der Waals surface area contributed by atoms with Crippen LogP contribution in [0.3, 0.4) is 0 Å². The molecule has 0 aliphatic carbocycles. The average Bonchev–Trinajstić information content (AvgIpc) is 3.24. The lowest BCUT2D eigenvalue weighted by Crippen LogP contribution is -2.49. The molecule has 4 N–H and O–H groups in total. The smallest absolute Gasteiger partial charge is 0.416 e. The van der Waals surface area contributed by atoms with Gasteiger partial charge in [-0.15, -0.1) is 11.8 Å². The Morgan fingerprint density at radius 2 is 1.39 bits per heavy atom. The molecule has 1 aliphatic heterocycles. The second kappa shape index (κ2) is 20.3. The maximum Gasteiger partial charge on any atom is 0.416 e. The summed E-state index contributed by atoms with van der Waals surface area (Å²) in [5.74, 6) is -5.54. The number of carboxylic acids is 2. The van der Waals surface area contributed by atoms with Crippen LogP contribution < -0.4 is 5.43 Å². The Hall–Kier alpha value is -5.62. The summed E-state index contributed by atoms with van der Waals surface area (Å²) in [6.07, 6.45) is -7.39. The summed E-state index contributed by atoms with van der Waals surface area (Å²) in [5.41, 5.74) is 2.05. The van der Waals surface area contributed by atoms with Crippen LogP contribution in [-0.4, -0.2) is 90.0 Å². The molecule has 17 heteroatoms. The van der Waals surface area contributed by atoms with Gasteiger partial charge in [-0.3, -0.25) is 9.59 Å². The van der Waals surface area contributed by atoms with E-state index < -0.39 is 47.5 Å². The SMILES string of the molecule is CC(C)N1CCC(N(Cc2ccc(-c3ccc(C(F)(F)F)cc3)cc2)C(=O)Cn2c(SCc3cccc(F)c3F)cc(=O)c3ccccc32)CC1.O=C(O)[C@H](O)[C@@H](O)C(=O)O. The minimum atomic E-state index is -4.41. The predicted octanol–water partition coefficient (Wildman–Crippen LogP) is 7.04. The van der Waals surface area contributed by atoms with Crippen LogP contribution >= 0.6 is 11.8 Å². The first-order valence-electron chi connectivity index (χ1n) is 19.2. The van der Waals surface area contributed by atoms with Crippen LogP contribution in [0.5, 0.6) is 0 Å². The topological polar surface area (TPSA) is 161 Å². The van der Waals surface area contributed by atoms with Crippen LogP contribution in [0, 0.1) is 11.6 Å². The minimum absolute atomic E-state index is 0.0507. The molecule has 324 valence electrons. The molecule has 1 aliphatic rings. The summed E-state index contributed by atoms with van der Waals surface area (Å²) in [5, 5.41) is 33.4. The van der Waals surface area contributed by atoms with E-state index >= 15 is 0 Å². The number of aromatic nitrogens is 1. The number of benzene rings is 4. The Bertz CT molecular complexity index is 2370. The molecule has 1 amide bonds. The van der Waals surface area contributed by atoms with Crippen LogP contribution in [0.1, 0.15) is 43.4 Å². The van der Waals surface area contributed by atoms with Crippen molar-refractivity contribution in [3.05, 3.63) is 136 Å². The number of hydrogen-bond donors (Lipinski definition) is 4. The largest absolute Gasteiger partial charge is 0.479 e. The van der Waals surface area contributed by atoms with Crippen molar-refractivity contribution in [2.75, 3.05) is 13.1 Å². The lowest BCUT2D eigenvalue weighted by atomic mass is 9.99. The Balaban J connectivity index is 0.000000626. The zero-order valence-corrected chi connectivity index (χ0v) is 33.9. The van der Waals surface area contributed by atoms with Gasteiger partial charge in [-0.2, -0.15) is 13.2 Å². The average molecular weight is 870 g/mol. The Labute approximate surface area is 351 Å². The highest BCUT2D eigenvalue weighted by Crippen LogP contribution is 2.32. The summed E-state index contributed by atoms with van der Waals surface area (Å²) in [7, 11) is 0. The molecule has 0 saturated carbocycles. The first kappa shape index (κ1) is 46.4. The summed E-state index contributed by atoms with van der Waals surface area (Å²) < 4.78 is 69.6. The molecular weight excluding hydrogens is 826 g/mol. The number of aliphatic hydroxyl groups excluding tert-OH is 2. The monoisotopic (exact) mass is 869 g/mol. The van der Waals surface area contributed by atoms with E-state index in [1.54, 1.807) is 28.8 Å². The minimum Gasteiger partial charge on any atom is -0.479 e. The van der Waals surface area contributed by atoms with E-state index in [1.165, 1.54) is 42.1 Å².